The summed E-state index contributed by atoms with van der Waals surface area (Å²) in [6.45, 7) is 0. The maximum atomic E-state index is 10.7. The largest absolute Gasteiger partial charge is 0.309 e. The summed E-state index contributed by atoms with van der Waals surface area (Å²) >= 11 is 0. The van der Waals surface area contributed by atoms with E-state index in [1.165, 1.54) is 16.3 Å². The molecule has 0 radical (unpaired) electrons. The average Bonchev–Trinajstić information content (AvgIpc) is 3.67. The molecule has 0 aliphatic heterocycles. The van der Waals surface area contributed by atoms with Gasteiger partial charge in [0.25, 0.3) is 0 Å². The lowest BCUT2D eigenvalue weighted by molar-refractivity contribution is 1.17. The normalized spacial score (nSPS) is 11.3. The number of rotatable bonds is 4. The Balaban J connectivity index is 1.33. The predicted molar refractivity (Wildman–Crippen MR) is 195 cm³/mol. The van der Waals surface area contributed by atoms with Gasteiger partial charge in [0.1, 0.15) is 6.07 Å². The van der Waals surface area contributed by atoms with Crippen LogP contribution in [-0.4, -0.2) is 9.13 Å². The molecule has 0 aliphatic carbocycles. The van der Waals surface area contributed by atoms with Crippen molar-refractivity contribution in [3.63, 3.8) is 0 Å². The summed E-state index contributed by atoms with van der Waals surface area (Å²) in [5, 5.41) is 25.3. The topological polar surface area (TPSA) is 57.4 Å². The minimum Gasteiger partial charge on any atom is -0.309 e. The molecule has 0 saturated heterocycles. The van der Waals surface area contributed by atoms with E-state index in [-0.39, 0.29) is 0 Å². The molecular weight excluding hydrogens is 585 g/mol. The number of nitriles is 2. The summed E-state index contributed by atoms with van der Waals surface area (Å²) < 4.78 is 4.51. The number of hydrogen-bond donors (Lipinski definition) is 0. The smallest absolute Gasteiger partial charge is 0.102 e. The van der Waals surface area contributed by atoms with E-state index in [0.717, 1.165) is 55.4 Å². The average molecular weight is 611 g/mol. The van der Waals surface area contributed by atoms with Gasteiger partial charge in [-0.15, -0.1) is 0 Å². The summed E-state index contributed by atoms with van der Waals surface area (Å²) in [6.07, 6.45) is 0. The first-order chi connectivity index (χ1) is 23.8. The molecule has 4 nitrogen and oxygen atoms in total. The van der Waals surface area contributed by atoms with Gasteiger partial charge in [-0.25, -0.2) is 0 Å². The van der Waals surface area contributed by atoms with E-state index in [1.54, 1.807) is 0 Å². The highest BCUT2D eigenvalue weighted by Crippen LogP contribution is 2.42. The van der Waals surface area contributed by atoms with Gasteiger partial charge >= 0.3 is 0 Å². The number of fused-ring (bicyclic) bond motifs is 6. The molecule has 4 heteroatoms. The van der Waals surface area contributed by atoms with Crippen LogP contribution < -0.4 is 0 Å². The third-order valence-corrected chi connectivity index (χ3v) is 9.41. The van der Waals surface area contributed by atoms with Crippen molar-refractivity contribution in [3.8, 4) is 45.8 Å². The van der Waals surface area contributed by atoms with Crippen LogP contribution in [-0.2, 0) is 0 Å². The Morgan fingerprint density at radius 3 is 1.83 bits per heavy atom. The Morgan fingerprint density at radius 2 is 1.08 bits per heavy atom. The first kappa shape index (κ1) is 27.4. The molecule has 0 fully saturated rings. The lowest BCUT2D eigenvalue weighted by Gasteiger charge is -2.15. The van der Waals surface area contributed by atoms with Gasteiger partial charge in [-0.1, -0.05) is 103 Å². The Kier molecular flexibility index (Phi) is 6.22. The molecule has 9 aromatic rings. The fourth-order valence-corrected chi connectivity index (χ4v) is 7.40. The third kappa shape index (κ3) is 4.01. The minimum absolute atomic E-state index is 0.475. The third-order valence-electron chi connectivity index (χ3n) is 9.41. The first-order valence-corrected chi connectivity index (χ1v) is 15.9. The maximum absolute atomic E-state index is 10.7. The van der Waals surface area contributed by atoms with E-state index < -0.39 is 0 Å². The molecule has 0 aliphatic rings. The second-order valence-corrected chi connectivity index (χ2v) is 11.9. The van der Waals surface area contributed by atoms with Gasteiger partial charge in [0, 0.05) is 32.8 Å². The summed E-state index contributed by atoms with van der Waals surface area (Å²) in [6, 6.07) is 58.9. The van der Waals surface area contributed by atoms with Crippen LogP contribution in [0.2, 0.25) is 0 Å². The van der Waals surface area contributed by atoms with Crippen LogP contribution in [0, 0.1) is 22.7 Å². The van der Waals surface area contributed by atoms with Gasteiger partial charge in [0.2, 0.25) is 0 Å². The standard InChI is InChI=1S/C44H26N4/c45-27-31-23-25-41(37(28-46)43(31)29-12-3-1-4-13-29)48-39-20-10-8-17-35(39)44-33(18-11-21-42(44)48)30-22-24-40-36(26-30)34-16-7-9-19-38(34)47(40)32-14-5-2-6-15-32/h1-26H. The lowest BCUT2D eigenvalue weighted by Crippen LogP contribution is -2.01. The van der Waals surface area contributed by atoms with Crippen molar-refractivity contribution in [1.82, 2.24) is 9.13 Å². The van der Waals surface area contributed by atoms with Crippen molar-refractivity contribution in [2.24, 2.45) is 0 Å². The zero-order valence-electron chi connectivity index (χ0n) is 25.8. The van der Waals surface area contributed by atoms with Crippen LogP contribution in [0.4, 0.5) is 0 Å². The van der Waals surface area contributed by atoms with Crippen LogP contribution >= 0.6 is 0 Å². The van der Waals surface area contributed by atoms with Gasteiger partial charge in [-0.05, 0) is 71.3 Å². The van der Waals surface area contributed by atoms with Crippen LogP contribution in [0.3, 0.4) is 0 Å². The van der Waals surface area contributed by atoms with Crippen molar-refractivity contribution >= 4 is 43.6 Å². The van der Waals surface area contributed by atoms with E-state index >= 15 is 0 Å². The van der Waals surface area contributed by atoms with Gasteiger partial charge in [0.15, 0.2) is 0 Å². The van der Waals surface area contributed by atoms with Crippen molar-refractivity contribution in [1.29, 1.82) is 10.5 Å². The Morgan fingerprint density at radius 1 is 0.438 bits per heavy atom. The van der Waals surface area contributed by atoms with Crippen molar-refractivity contribution in [3.05, 3.63) is 169 Å². The van der Waals surface area contributed by atoms with E-state index in [9.17, 15) is 10.5 Å². The summed E-state index contributed by atoms with van der Waals surface area (Å²) in [5.41, 5.74) is 10.9. The van der Waals surface area contributed by atoms with Gasteiger partial charge in [0.05, 0.1) is 45.0 Å². The van der Waals surface area contributed by atoms with Crippen molar-refractivity contribution in [2.75, 3.05) is 0 Å². The quantitative estimate of drug-likeness (QED) is 0.199. The van der Waals surface area contributed by atoms with Gasteiger partial charge in [-0.2, -0.15) is 10.5 Å². The van der Waals surface area contributed by atoms with Crippen molar-refractivity contribution < 1.29 is 0 Å². The van der Waals surface area contributed by atoms with Crippen LogP contribution in [0.15, 0.2) is 158 Å². The van der Waals surface area contributed by atoms with Gasteiger partial charge in [-0.3, -0.25) is 0 Å². The number of hydrogen-bond acceptors (Lipinski definition) is 2. The molecule has 2 aromatic heterocycles. The second-order valence-electron chi connectivity index (χ2n) is 11.9. The van der Waals surface area contributed by atoms with Crippen molar-refractivity contribution in [2.45, 2.75) is 0 Å². The molecule has 222 valence electrons. The number of benzene rings is 7. The maximum Gasteiger partial charge on any atom is 0.102 e. The molecule has 2 heterocycles. The summed E-state index contributed by atoms with van der Waals surface area (Å²) in [4.78, 5) is 0. The highest BCUT2D eigenvalue weighted by atomic mass is 15.0. The number of nitrogens with zero attached hydrogens (tertiary/aromatic N) is 4. The molecular formula is C44H26N4. The molecule has 0 atom stereocenters. The van der Waals surface area contributed by atoms with E-state index in [2.05, 4.69) is 124 Å². The molecule has 0 unspecified atom stereocenters. The van der Waals surface area contributed by atoms with Crippen LogP contribution in [0.1, 0.15) is 11.1 Å². The Labute approximate surface area is 277 Å². The summed E-state index contributed by atoms with van der Waals surface area (Å²) in [7, 11) is 0. The zero-order chi connectivity index (χ0) is 32.2. The predicted octanol–water partition coefficient (Wildman–Crippen LogP) is 11.0. The molecule has 0 bridgehead atoms. The number of aromatic nitrogens is 2. The highest BCUT2D eigenvalue weighted by Gasteiger charge is 2.22. The lowest BCUT2D eigenvalue weighted by atomic mass is 9.94. The van der Waals surface area contributed by atoms with Crippen LogP contribution in [0.5, 0.6) is 0 Å². The fourth-order valence-electron chi connectivity index (χ4n) is 7.40. The van der Waals surface area contributed by atoms with E-state index in [4.69, 9.17) is 0 Å². The molecule has 48 heavy (non-hydrogen) atoms. The fraction of sp³-hybridized carbons (Fsp3) is 0. The number of para-hydroxylation sites is 3. The molecule has 0 N–H and O–H groups in total. The van der Waals surface area contributed by atoms with Gasteiger partial charge < -0.3 is 9.13 Å². The molecule has 0 amide bonds. The monoisotopic (exact) mass is 610 g/mol. The zero-order valence-corrected chi connectivity index (χ0v) is 25.8. The second kappa shape index (κ2) is 10.9. The minimum atomic E-state index is 0.475. The SMILES string of the molecule is N#Cc1ccc(-n2c3ccccc3c3c(-c4ccc5c(c4)c4ccccc4n5-c4ccccc4)cccc32)c(C#N)c1-c1ccccc1. The molecule has 9 rings (SSSR count). The molecule has 0 saturated carbocycles. The van der Waals surface area contributed by atoms with E-state index in [1.807, 2.05) is 54.6 Å². The summed E-state index contributed by atoms with van der Waals surface area (Å²) in [5.74, 6) is 0. The molecule has 0 spiro atoms. The first-order valence-electron chi connectivity index (χ1n) is 15.9. The van der Waals surface area contributed by atoms with Crippen LogP contribution in [0.25, 0.3) is 77.2 Å². The Bertz CT molecular complexity index is 2790. The highest BCUT2D eigenvalue weighted by molar-refractivity contribution is 6.17. The Hall–Kier alpha value is -6.88. The molecule has 7 aromatic carbocycles. The van der Waals surface area contributed by atoms with E-state index in [0.29, 0.717) is 16.7 Å².